The Morgan fingerprint density at radius 2 is 2.00 bits per heavy atom. The molecule has 0 spiro atoms. The van der Waals surface area contributed by atoms with Crippen LogP contribution in [0.5, 0.6) is 0 Å². The molecule has 1 aromatic carbocycles. The van der Waals surface area contributed by atoms with E-state index in [1.807, 2.05) is 14.0 Å². The van der Waals surface area contributed by atoms with Crippen molar-refractivity contribution in [3.05, 3.63) is 40.6 Å². The lowest BCUT2D eigenvalue weighted by Gasteiger charge is -2.22. The fourth-order valence-electron chi connectivity index (χ4n) is 2.96. The largest absolute Gasteiger partial charge is 0.335 e. The fraction of sp³-hybridized carbons (Fsp3) is 0.438. The zero-order valence-corrected chi connectivity index (χ0v) is 14.3. The van der Waals surface area contributed by atoms with E-state index in [1.54, 1.807) is 12.1 Å². The Kier molecular flexibility index (Phi) is 5.48. The molecule has 120 valence electrons. The van der Waals surface area contributed by atoms with Gasteiger partial charge in [-0.2, -0.15) is 0 Å². The van der Waals surface area contributed by atoms with Gasteiger partial charge < -0.3 is 9.88 Å². The highest BCUT2D eigenvalue weighted by molar-refractivity contribution is 6.31. The van der Waals surface area contributed by atoms with Crippen molar-refractivity contribution in [2.45, 2.75) is 25.7 Å². The summed E-state index contributed by atoms with van der Waals surface area (Å²) in [5.74, 6) is 1.21. The van der Waals surface area contributed by atoms with Gasteiger partial charge in [-0.15, -0.1) is 12.4 Å². The van der Waals surface area contributed by atoms with Crippen molar-refractivity contribution in [3.8, 4) is 11.3 Å². The first-order chi connectivity index (χ1) is 10.1. The molecular formula is C16H20Cl2FN3. The van der Waals surface area contributed by atoms with Gasteiger partial charge in [0.25, 0.3) is 0 Å². The standard InChI is InChI=1S/C16H19ClFN3.ClH/c1-10-15(12-3-4-14(18)13(17)9-12)20-16(21(10)2)11-5-7-19-8-6-11;/h3-4,9,11,19H,5-8H2,1-2H3;1H. The fourth-order valence-corrected chi connectivity index (χ4v) is 3.14. The minimum Gasteiger partial charge on any atom is -0.335 e. The van der Waals surface area contributed by atoms with E-state index in [4.69, 9.17) is 16.6 Å². The predicted molar refractivity (Wildman–Crippen MR) is 90.4 cm³/mol. The number of benzene rings is 1. The number of aromatic nitrogens is 2. The summed E-state index contributed by atoms with van der Waals surface area (Å²) in [6, 6.07) is 4.79. The number of piperidine rings is 1. The van der Waals surface area contributed by atoms with Crippen LogP contribution in [-0.2, 0) is 7.05 Å². The van der Waals surface area contributed by atoms with Gasteiger partial charge in [0.2, 0.25) is 0 Å². The van der Waals surface area contributed by atoms with Crippen molar-refractivity contribution in [1.29, 1.82) is 0 Å². The van der Waals surface area contributed by atoms with Crippen LogP contribution in [0.4, 0.5) is 4.39 Å². The van der Waals surface area contributed by atoms with Crippen molar-refractivity contribution in [2.75, 3.05) is 13.1 Å². The first-order valence-corrected chi connectivity index (χ1v) is 7.65. The second-order valence-electron chi connectivity index (χ2n) is 5.62. The summed E-state index contributed by atoms with van der Waals surface area (Å²) >= 11 is 5.89. The maximum atomic E-state index is 13.3. The van der Waals surface area contributed by atoms with Crippen LogP contribution >= 0.6 is 24.0 Å². The average molecular weight is 344 g/mol. The molecule has 0 radical (unpaired) electrons. The monoisotopic (exact) mass is 343 g/mol. The molecule has 3 rings (SSSR count). The van der Waals surface area contributed by atoms with Crippen molar-refractivity contribution < 1.29 is 4.39 Å². The number of hydrogen-bond donors (Lipinski definition) is 1. The maximum absolute atomic E-state index is 13.3. The molecule has 1 aliphatic rings. The average Bonchev–Trinajstić information content (AvgIpc) is 2.79. The van der Waals surface area contributed by atoms with Crippen LogP contribution in [0.3, 0.4) is 0 Å². The van der Waals surface area contributed by atoms with Crippen LogP contribution in [0.1, 0.15) is 30.3 Å². The van der Waals surface area contributed by atoms with Gasteiger partial charge in [-0.25, -0.2) is 9.37 Å². The van der Waals surface area contributed by atoms with E-state index in [0.717, 1.165) is 48.7 Å². The van der Waals surface area contributed by atoms with E-state index in [2.05, 4.69) is 9.88 Å². The van der Waals surface area contributed by atoms with E-state index in [1.165, 1.54) is 6.07 Å². The molecule has 1 saturated heterocycles. The first kappa shape index (κ1) is 17.3. The molecule has 2 heterocycles. The SMILES string of the molecule is Cc1c(-c2ccc(F)c(Cl)c2)nc(C2CCNCC2)n1C.Cl. The Balaban J connectivity index is 0.00000176. The Hall–Kier alpha value is -1.10. The molecule has 1 N–H and O–H groups in total. The molecule has 2 aromatic rings. The summed E-state index contributed by atoms with van der Waals surface area (Å²) in [7, 11) is 2.05. The second kappa shape index (κ2) is 6.99. The van der Waals surface area contributed by atoms with Gasteiger partial charge >= 0.3 is 0 Å². The Labute approximate surface area is 141 Å². The van der Waals surface area contributed by atoms with Gasteiger partial charge in [-0.3, -0.25) is 0 Å². The smallest absolute Gasteiger partial charge is 0.141 e. The molecule has 0 aliphatic carbocycles. The minimum absolute atomic E-state index is 0. The lowest BCUT2D eigenvalue weighted by Crippen LogP contribution is -2.27. The summed E-state index contributed by atoms with van der Waals surface area (Å²) in [6.45, 7) is 4.12. The molecule has 1 aromatic heterocycles. The summed E-state index contributed by atoms with van der Waals surface area (Å²) < 4.78 is 15.5. The molecule has 6 heteroatoms. The van der Waals surface area contributed by atoms with E-state index in [0.29, 0.717) is 5.92 Å². The third kappa shape index (κ3) is 3.14. The number of hydrogen-bond acceptors (Lipinski definition) is 2. The molecule has 0 saturated carbocycles. The van der Waals surface area contributed by atoms with Gasteiger partial charge in [-0.05, 0) is 51.1 Å². The van der Waals surface area contributed by atoms with Crippen LogP contribution in [0.15, 0.2) is 18.2 Å². The molecule has 3 nitrogen and oxygen atoms in total. The van der Waals surface area contributed by atoms with Crippen LogP contribution in [0.2, 0.25) is 5.02 Å². The summed E-state index contributed by atoms with van der Waals surface area (Å²) in [4.78, 5) is 4.83. The Morgan fingerprint density at radius 3 is 2.64 bits per heavy atom. The van der Waals surface area contributed by atoms with Gasteiger partial charge in [0.05, 0.1) is 10.7 Å². The van der Waals surface area contributed by atoms with E-state index in [9.17, 15) is 4.39 Å². The van der Waals surface area contributed by atoms with Gasteiger partial charge in [0.15, 0.2) is 0 Å². The third-order valence-corrected chi connectivity index (χ3v) is 4.60. The Morgan fingerprint density at radius 1 is 1.32 bits per heavy atom. The molecule has 0 amide bonds. The lowest BCUT2D eigenvalue weighted by atomic mass is 9.97. The van der Waals surface area contributed by atoms with Crippen LogP contribution in [0, 0.1) is 12.7 Å². The van der Waals surface area contributed by atoms with Gasteiger partial charge in [-0.1, -0.05) is 11.6 Å². The molecule has 1 aliphatic heterocycles. The highest BCUT2D eigenvalue weighted by atomic mass is 35.5. The van der Waals surface area contributed by atoms with E-state index >= 15 is 0 Å². The number of imidazole rings is 1. The number of nitrogens with one attached hydrogen (secondary N) is 1. The van der Waals surface area contributed by atoms with Crippen LogP contribution < -0.4 is 5.32 Å². The van der Waals surface area contributed by atoms with Crippen LogP contribution in [-0.4, -0.2) is 22.6 Å². The lowest BCUT2D eigenvalue weighted by molar-refractivity contribution is 0.436. The number of rotatable bonds is 2. The third-order valence-electron chi connectivity index (χ3n) is 4.31. The summed E-state index contributed by atoms with van der Waals surface area (Å²) in [5.41, 5.74) is 2.86. The quantitative estimate of drug-likeness (QED) is 0.890. The molecule has 1 fully saturated rings. The molecular weight excluding hydrogens is 324 g/mol. The minimum atomic E-state index is -0.396. The number of nitrogens with zero attached hydrogens (tertiary/aromatic N) is 2. The zero-order valence-electron chi connectivity index (χ0n) is 12.7. The predicted octanol–water partition coefficient (Wildman–Crippen LogP) is 4.08. The molecule has 0 atom stereocenters. The van der Waals surface area contributed by atoms with E-state index in [-0.39, 0.29) is 17.4 Å². The highest BCUT2D eigenvalue weighted by Crippen LogP contribution is 2.31. The first-order valence-electron chi connectivity index (χ1n) is 7.27. The normalized spacial score (nSPS) is 15.6. The highest BCUT2D eigenvalue weighted by Gasteiger charge is 2.22. The zero-order chi connectivity index (χ0) is 15.0. The second-order valence-corrected chi connectivity index (χ2v) is 6.02. The van der Waals surface area contributed by atoms with Gasteiger partial charge in [0.1, 0.15) is 11.6 Å². The molecule has 0 bridgehead atoms. The molecule has 0 unspecified atom stereocenters. The summed E-state index contributed by atoms with van der Waals surface area (Å²) in [6.07, 6.45) is 2.21. The molecule has 22 heavy (non-hydrogen) atoms. The van der Waals surface area contributed by atoms with Crippen molar-refractivity contribution in [2.24, 2.45) is 7.05 Å². The Bertz CT molecular complexity index is 664. The number of halogens is 3. The van der Waals surface area contributed by atoms with Crippen LogP contribution in [0.25, 0.3) is 11.3 Å². The van der Waals surface area contributed by atoms with Crippen molar-refractivity contribution in [3.63, 3.8) is 0 Å². The van der Waals surface area contributed by atoms with Crippen molar-refractivity contribution >= 4 is 24.0 Å². The van der Waals surface area contributed by atoms with E-state index < -0.39 is 5.82 Å². The summed E-state index contributed by atoms with van der Waals surface area (Å²) in [5, 5.41) is 3.51. The topological polar surface area (TPSA) is 29.9 Å². The van der Waals surface area contributed by atoms with Gasteiger partial charge in [0, 0.05) is 24.2 Å². The van der Waals surface area contributed by atoms with Crippen molar-refractivity contribution in [1.82, 2.24) is 14.9 Å². The maximum Gasteiger partial charge on any atom is 0.141 e.